The molecule has 5 aromatic carbocycles. The second kappa shape index (κ2) is 10.1. The van der Waals surface area contributed by atoms with E-state index in [1.807, 2.05) is 108 Å². The Hall–Kier alpha value is -5.82. The summed E-state index contributed by atoms with van der Waals surface area (Å²) >= 11 is 0. The van der Waals surface area contributed by atoms with Crippen molar-refractivity contribution < 1.29 is 4.92 Å². The van der Waals surface area contributed by atoms with Crippen LogP contribution < -0.4 is 5.32 Å². The van der Waals surface area contributed by atoms with E-state index in [2.05, 4.69) is 17.4 Å². The molecule has 7 heteroatoms. The molecule has 0 atom stereocenters. The number of nitro groups is 1. The van der Waals surface area contributed by atoms with E-state index >= 15 is 0 Å². The van der Waals surface area contributed by atoms with Gasteiger partial charge in [-0.05, 0) is 42.5 Å². The summed E-state index contributed by atoms with van der Waals surface area (Å²) in [6, 6.07) is 42.8. The third-order valence-electron chi connectivity index (χ3n) is 7.10. The van der Waals surface area contributed by atoms with Gasteiger partial charge in [0, 0.05) is 39.7 Å². The average Bonchev–Trinajstić information content (AvgIpc) is 3.47. The van der Waals surface area contributed by atoms with Gasteiger partial charge in [-0.3, -0.25) is 10.1 Å². The Bertz CT molecular complexity index is 2000. The van der Waals surface area contributed by atoms with Gasteiger partial charge in [0.05, 0.1) is 38.7 Å². The number of hydrogen-bond donors (Lipinski definition) is 1. The monoisotopic (exact) mass is 533 g/mol. The van der Waals surface area contributed by atoms with Crippen molar-refractivity contribution in [1.29, 1.82) is 0 Å². The molecule has 2 heterocycles. The summed E-state index contributed by atoms with van der Waals surface area (Å²) < 4.78 is 1.83. The summed E-state index contributed by atoms with van der Waals surface area (Å²) in [4.78, 5) is 15.9. The average molecular weight is 534 g/mol. The highest BCUT2D eigenvalue weighted by Gasteiger charge is 2.16. The number of pyridine rings is 1. The van der Waals surface area contributed by atoms with Crippen LogP contribution in [-0.4, -0.2) is 19.7 Å². The first-order valence-electron chi connectivity index (χ1n) is 13.2. The third kappa shape index (κ3) is 4.55. The van der Waals surface area contributed by atoms with Crippen molar-refractivity contribution in [1.82, 2.24) is 14.8 Å². The van der Waals surface area contributed by atoms with Gasteiger partial charge in [-0.15, -0.1) is 0 Å². The van der Waals surface area contributed by atoms with Crippen molar-refractivity contribution in [2.24, 2.45) is 0 Å². The van der Waals surface area contributed by atoms with E-state index in [-0.39, 0.29) is 10.6 Å². The van der Waals surface area contributed by atoms with Crippen molar-refractivity contribution in [3.05, 3.63) is 144 Å². The number of para-hydroxylation sites is 3. The summed E-state index contributed by atoms with van der Waals surface area (Å²) in [5.41, 5.74) is 7.92. The lowest BCUT2D eigenvalue weighted by Gasteiger charge is -2.13. The van der Waals surface area contributed by atoms with Crippen LogP contribution in [0.3, 0.4) is 0 Å². The molecule has 0 aliphatic rings. The van der Waals surface area contributed by atoms with E-state index in [4.69, 9.17) is 10.1 Å². The molecule has 41 heavy (non-hydrogen) atoms. The smallest absolute Gasteiger partial charge is 0.270 e. The maximum atomic E-state index is 11.4. The van der Waals surface area contributed by atoms with E-state index in [0.717, 1.165) is 61.4 Å². The number of non-ortho nitro benzene ring substituents is 1. The van der Waals surface area contributed by atoms with Gasteiger partial charge in [-0.25, -0.2) is 9.67 Å². The van der Waals surface area contributed by atoms with Crippen LogP contribution in [0.25, 0.3) is 50.0 Å². The Morgan fingerprint density at radius 1 is 0.659 bits per heavy atom. The fraction of sp³-hybridized carbons (Fsp3) is 0. The van der Waals surface area contributed by atoms with Crippen LogP contribution in [0, 0.1) is 10.1 Å². The Morgan fingerprint density at radius 2 is 1.32 bits per heavy atom. The SMILES string of the molecule is O=[N+]([O-])c1cccc(-c2cc(-c3ccc(Nc4c5ccccc5nc5ccccc45)cc3)nn2-c2ccccc2)c1. The van der Waals surface area contributed by atoms with Crippen LogP contribution in [-0.2, 0) is 0 Å². The molecule has 0 saturated heterocycles. The molecule has 2 aromatic heterocycles. The molecule has 7 aromatic rings. The van der Waals surface area contributed by atoms with Gasteiger partial charge in [0.1, 0.15) is 0 Å². The Morgan fingerprint density at radius 3 is 2.00 bits per heavy atom. The summed E-state index contributed by atoms with van der Waals surface area (Å²) in [7, 11) is 0. The molecular formula is C34H23N5O2. The van der Waals surface area contributed by atoms with Crippen LogP contribution in [0.4, 0.5) is 17.1 Å². The van der Waals surface area contributed by atoms with Crippen molar-refractivity contribution in [2.45, 2.75) is 0 Å². The number of anilines is 2. The van der Waals surface area contributed by atoms with Gasteiger partial charge in [0.2, 0.25) is 0 Å². The topological polar surface area (TPSA) is 85.9 Å². The Labute approximate surface area is 235 Å². The second-order valence-corrected chi connectivity index (χ2v) is 9.69. The highest BCUT2D eigenvalue weighted by molar-refractivity contribution is 6.08. The predicted octanol–water partition coefficient (Wildman–Crippen LogP) is 8.56. The van der Waals surface area contributed by atoms with Crippen LogP contribution in [0.15, 0.2) is 133 Å². The Kier molecular flexibility index (Phi) is 5.94. The minimum absolute atomic E-state index is 0.0384. The number of nitrogens with one attached hydrogen (secondary N) is 1. The van der Waals surface area contributed by atoms with E-state index in [1.165, 1.54) is 6.07 Å². The van der Waals surface area contributed by atoms with Gasteiger partial charge >= 0.3 is 0 Å². The van der Waals surface area contributed by atoms with Crippen LogP contribution in [0.1, 0.15) is 0 Å². The zero-order chi connectivity index (χ0) is 27.8. The quantitative estimate of drug-likeness (QED) is 0.131. The van der Waals surface area contributed by atoms with Crippen LogP contribution in [0.5, 0.6) is 0 Å². The van der Waals surface area contributed by atoms with E-state index in [0.29, 0.717) is 0 Å². The molecule has 0 aliphatic heterocycles. The summed E-state index contributed by atoms with van der Waals surface area (Å²) in [6.07, 6.45) is 0. The first-order valence-corrected chi connectivity index (χ1v) is 13.2. The standard InChI is InChI=1S/C34H23N5O2/c40-39(41)27-12-8-9-24(21-27)33-22-32(37-38(33)26-10-2-1-3-11-26)23-17-19-25(20-18-23)35-34-28-13-4-6-15-30(28)36-31-16-7-5-14-29(31)34/h1-22H,(H,35,36). The molecule has 0 aliphatic carbocycles. The molecule has 0 unspecified atom stereocenters. The minimum atomic E-state index is -0.380. The minimum Gasteiger partial charge on any atom is -0.354 e. The summed E-state index contributed by atoms with van der Waals surface area (Å²) in [6.45, 7) is 0. The highest BCUT2D eigenvalue weighted by atomic mass is 16.6. The van der Waals surface area contributed by atoms with Crippen molar-refractivity contribution >= 4 is 38.9 Å². The first kappa shape index (κ1) is 24.2. The maximum Gasteiger partial charge on any atom is 0.270 e. The molecule has 196 valence electrons. The molecule has 7 rings (SSSR count). The molecule has 0 amide bonds. The van der Waals surface area contributed by atoms with Gasteiger partial charge < -0.3 is 5.32 Å². The molecule has 7 nitrogen and oxygen atoms in total. The third-order valence-corrected chi connectivity index (χ3v) is 7.10. The number of nitrogens with zero attached hydrogens (tertiary/aromatic N) is 4. The van der Waals surface area contributed by atoms with Crippen LogP contribution in [0.2, 0.25) is 0 Å². The highest BCUT2D eigenvalue weighted by Crippen LogP contribution is 2.35. The second-order valence-electron chi connectivity index (χ2n) is 9.69. The van der Waals surface area contributed by atoms with Gasteiger partial charge in [-0.2, -0.15) is 5.10 Å². The molecular weight excluding hydrogens is 510 g/mol. The molecule has 1 N–H and O–H groups in total. The molecule has 0 spiro atoms. The lowest BCUT2D eigenvalue weighted by molar-refractivity contribution is -0.384. The van der Waals surface area contributed by atoms with Crippen molar-refractivity contribution in [3.8, 4) is 28.2 Å². The molecule has 0 saturated carbocycles. The number of hydrogen-bond acceptors (Lipinski definition) is 5. The predicted molar refractivity (Wildman–Crippen MR) is 164 cm³/mol. The largest absolute Gasteiger partial charge is 0.354 e. The molecule has 0 radical (unpaired) electrons. The fourth-order valence-electron chi connectivity index (χ4n) is 5.12. The molecule has 0 fully saturated rings. The number of nitro benzene ring substituents is 1. The normalized spacial score (nSPS) is 11.1. The van der Waals surface area contributed by atoms with E-state index in [9.17, 15) is 10.1 Å². The number of fused-ring (bicyclic) bond motifs is 2. The van der Waals surface area contributed by atoms with Crippen molar-refractivity contribution in [2.75, 3.05) is 5.32 Å². The maximum absolute atomic E-state index is 11.4. The van der Waals surface area contributed by atoms with Gasteiger partial charge in [0.25, 0.3) is 5.69 Å². The first-order chi connectivity index (χ1) is 20.1. The van der Waals surface area contributed by atoms with Crippen molar-refractivity contribution in [3.63, 3.8) is 0 Å². The molecule has 0 bridgehead atoms. The lowest BCUT2D eigenvalue weighted by atomic mass is 10.1. The fourth-order valence-corrected chi connectivity index (χ4v) is 5.12. The zero-order valence-corrected chi connectivity index (χ0v) is 21.8. The zero-order valence-electron chi connectivity index (χ0n) is 21.8. The van der Waals surface area contributed by atoms with Gasteiger partial charge in [-0.1, -0.05) is 78.9 Å². The van der Waals surface area contributed by atoms with E-state index in [1.54, 1.807) is 12.1 Å². The summed E-state index contributed by atoms with van der Waals surface area (Å²) in [5.74, 6) is 0. The van der Waals surface area contributed by atoms with Crippen LogP contribution >= 0.6 is 0 Å². The number of rotatable bonds is 6. The van der Waals surface area contributed by atoms with Gasteiger partial charge in [0.15, 0.2) is 0 Å². The number of benzene rings is 5. The van der Waals surface area contributed by atoms with E-state index < -0.39 is 0 Å². The number of aromatic nitrogens is 3. The lowest BCUT2D eigenvalue weighted by Crippen LogP contribution is -1.99. The summed E-state index contributed by atoms with van der Waals surface area (Å²) in [5, 5.41) is 22.1. The Balaban J connectivity index is 1.28.